The van der Waals surface area contributed by atoms with Gasteiger partial charge in [0.05, 0.1) is 6.04 Å². The summed E-state index contributed by atoms with van der Waals surface area (Å²) >= 11 is 1.72. The number of aliphatic carboxylic acids is 1. The van der Waals surface area contributed by atoms with Crippen molar-refractivity contribution in [2.24, 2.45) is 0 Å². The van der Waals surface area contributed by atoms with E-state index in [1.165, 1.54) is 9.75 Å². The highest BCUT2D eigenvalue weighted by molar-refractivity contribution is 7.12. The number of carbonyl (C=O) groups excluding carboxylic acids is 1. The second-order valence-corrected chi connectivity index (χ2v) is 5.87. The molecule has 2 N–H and O–H groups in total. The van der Waals surface area contributed by atoms with Crippen molar-refractivity contribution in [3.63, 3.8) is 0 Å². The van der Waals surface area contributed by atoms with Crippen LogP contribution < -0.4 is 5.32 Å². The molecule has 0 aliphatic heterocycles. The average Bonchev–Trinajstić information content (AvgIpc) is 2.57. The van der Waals surface area contributed by atoms with Crippen LogP contribution >= 0.6 is 11.3 Å². The Balaban J connectivity index is 2.44. The highest BCUT2D eigenvalue weighted by Gasteiger charge is 2.13. The van der Waals surface area contributed by atoms with Crippen molar-refractivity contribution in [3.8, 4) is 0 Å². The van der Waals surface area contributed by atoms with Gasteiger partial charge in [0.1, 0.15) is 0 Å². The molecule has 0 radical (unpaired) electrons. The Kier molecular flexibility index (Phi) is 5.34. The molecule has 0 saturated carbocycles. The Morgan fingerprint density at radius 1 is 1.39 bits per heavy atom. The summed E-state index contributed by atoms with van der Waals surface area (Å²) in [6.45, 7) is 6.03. The summed E-state index contributed by atoms with van der Waals surface area (Å²) in [7, 11) is 0. The standard InChI is InChI=1S/C13H19NO3S/c1-8-7-11(10(3)18-8)9(2)14-12(15)5-4-6-13(16)17/h7,9H,4-6H2,1-3H3,(H,14,15)(H,16,17). The Labute approximate surface area is 111 Å². The zero-order valence-electron chi connectivity index (χ0n) is 10.9. The van der Waals surface area contributed by atoms with Crippen LogP contribution in [0.4, 0.5) is 0 Å². The maximum absolute atomic E-state index is 11.6. The lowest BCUT2D eigenvalue weighted by molar-refractivity contribution is -0.137. The van der Waals surface area contributed by atoms with Crippen LogP contribution in [0.2, 0.25) is 0 Å². The van der Waals surface area contributed by atoms with E-state index in [-0.39, 0.29) is 24.8 Å². The summed E-state index contributed by atoms with van der Waals surface area (Å²) < 4.78 is 0. The number of rotatable bonds is 6. The molecule has 1 rings (SSSR count). The summed E-state index contributed by atoms with van der Waals surface area (Å²) in [6.07, 6.45) is 0.687. The predicted octanol–water partition coefficient (Wildman–Crippen LogP) is 2.80. The molecule has 0 spiro atoms. The lowest BCUT2D eigenvalue weighted by Gasteiger charge is -2.13. The number of aryl methyl sites for hydroxylation is 2. The van der Waals surface area contributed by atoms with Crippen molar-refractivity contribution in [1.29, 1.82) is 0 Å². The Morgan fingerprint density at radius 2 is 2.06 bits per heavy atom. The molecule has 1 atom stereocenters. The molecule has 18 heavy (non-hydrogen) atoms. The van der Waals surface area contributed by atoms with Gasteiger partial charge >= 0.3 is 5.97 Å². The molecular weight excluding hydrogens is 250 g/mol. The molecule has 4 nitrogen and oxygen atoms in total. The van der Waals surface area contributed by atoms with Crippen LogP contribution in [0.1, 0.15) is 47.5 Å². The van der Waals surface area contributed by atoms with Crippen molar-refractivity contribution in [1.82, 2.24) is 5.32 Å². The van der Waals surface area contributed by atoms with Crippen molar-refractivity contribution >= 4 is 23.2 Å². The lowest BCUT2D eigenvalue weighted by atomic mass is 10.1. The zero-order chi connectivity index (χ0) is 13.7. The number of amides is 1. The minimum absolute atomic E-state index is 0.0210. The fourth-order valence-corrected chi connectivity index (χ4v) is 2.89. The summed E-state index contributed by atoms with van der Waals surface area (Å²) in [5.74, 6) is -0.952. The van der Waals surface area contributed by atoms with E-state index in [0.29, 0.717) is 6.42 Å². The Morgan fingerprint density at radius 3 is 2.56 bits per heavy atom. The molecule has 0 aromatic carbocycles. The maximum Gasteiger partial charge on any atom is 0.303 e. The van der Waals surface area contributed by atoms with E-state index in [4.69, 9.17) is 5.11 Å². The van der Waals surface area contributed by atoms with Gasteiger partial charge in [-0.2, -0.15) is 0 Å². The maximum atomic E-state index is 11.6. The number of thiophene rings is 1. The number of nitrogens with one attached hydrogen (secondary N) is 1. The monoisotopic (exact) mass is 269 g/mol. The first-order chi connectivity index (χ1) is 8.40. The van der Waals surface area contributed by atoms with Gasteiger partial charge in [0.25, 0.3) is 0 Å². The van der Waals surface area contributed by atoms with E-state index in [0.717, 1.165) is 5.56 Å². The molecule has 0 aliphatic carbocycles. The fraction of sp³-hybridized carbons (Fsp3) is 0.538. The highest BCUT2D eigenvalue weighted by atomic mass is 32.1. The van der Waals surface area contributed by atoms with Crippen molar-refractivity contribution in [2.45, 2.75) is 46.1 Å². The van der Waals surface area contributed by atoms with E-state index in [2.05, 4.69) is 11.4 Å². The van der Waals surface area contributed by atoms with Gasteiger partial charge in [-0.05, 0) is 38.8 Å². The number of carboxylic acid groups (broad SMARTS) is 1. The van der Waals surface area contributed by atoms with Crippen LogP contribution in [-0.2, 0) is 9.59 Å². The zero-order valence-corrected chi connectivity index (χ0v) is 11.8. The number of carboxylic acids is 1. The molecule has 1 aromatic rings. The van der Waals surface area contributed by atoms with Crippen LogP contribution in [0.3, 0.4) is 0 Å². The van der Waals surface area contributed by atoms with Gasteiger partial charge in [-0.25, -0.2) is 0 Å². The molecule has 0 aliphatic rings. The van der Waals surface area contributed by atoms with Crippen molar-refractivity contribution < 1.29 is 14.7 Å². The third-order valence-corrected chi connectivity index (χ3v) is 3.70. The molecule has 0 bridgehead atoms. The molecule has 1 aromatic heterocycles. The molecule has 1 amide bonds. The molecular formula is C13H19NO3S. The topological polar surface area (TPSA) is 66.4 Å². The van der Waals surface area contributed by atoms with Gasteiger partial charge < -0.3 is 10.4 Å². The number of hydrogen-bond acceptors (Lipinski definition) is 3. The first-order valence-electron chi connectivity index (χ1n) is 5.98. The third-order valence-electron chi connectivity index (χ3n) is 2.72. The van der Waals surface area contributed by atoms with Gasteiger partial charge in [0.2, 0.25) is 5.91 Å². The van der Waals surface area contributed by atoms with E-state index >= 15 is 0 Å². The van der Waals surface area contributed by atoms with Gasteiger partial charge in [-0.15, -0.1) is 11.3 Å². The smallest absolute Gasteiger partial charge is 0.303 e. The van der Waals surface area contributed by atoms with Crippen LogP contribution in [0.25, 0.3) is 0 Å². The molecule has 5 heteroatoms. The summed E-state index contributed by atoms with van der Waals surface area (Å²) in [4.78, 5) is 24.4. The summed E-state index contributed by atoms with van der Waals surface area (Å²) in [5, 5.41) is 11.4. The fourth-order valence-electron chi connectivity index (χ4n) is 1.87. The largest absolute Gasteiger partial charge is 0.481 e. The van der Waals surface area contributed by atoms with Crippen LogP contribution in [0, 0.1) is 13.8 Å². The van der Waals surface area contributed by atoms with E-state index in [9.17, 15) is 9.59 Å². The van der Waals surface area contributed by atoms with Crippen LogP contribution in [-0.4, -0.2) is 17.0 Å². The number of hydrogen-bond donors (Lipinski definition) is 2. The molecule has 1 unspecified atom stereocenters. The minimum atomic E-state index is -0.861. The van der Waals surface area contributed by atoms with Gasteiger partial charge in [0.15, 0.2) is 0 Å². The quantitative estimate of drug-likeness (QED) is 0.834. The van der Waals surface area contributed by atoms with Gasteiger partial charge in [-0.3, -0.25) is 9.59 Å². The summed E-state index contributed by atoms with van der Waals surface area (Å²) in [5.41, 5.74) is 1.14. The second kappa shape index (κ2) is 6.54. The Hall–Kier alpha value is -1.36. The third kappa shape index (κ3) is 4.49. The van der Waals surface area contributed by atoms with E-state index < -0.39 is 5.97 Å². The second-order valence-electron chi connectivity index (χ2n) is 4.41. The highest BCUT2D eigenvalue weighted by Crippen LogP contribution is 2.26. The predicted molar refractivity (Wildman–Crippen MR) is 71.8 cm³/mol. The molecule has 100 valence electrons. The molecule has 0 saturated heterocycles. The van der Waals surface area contributed by atoms with Gasteiger partial charge in [0, 0.05) is 22.6 Å². The first-order valence-corrected chi connectivity index (χ1v) is 6.80. The Bertz CT molecular complexity index is 439. The van der Waals surface area contributed by atoms with Gasteiger partial charge in [-0.1, -0.05) is 0 Å². The van der Waals surface area contributed by atoms with Crippen LogP contribution in [0.5, 0.6) is 0 Å². The average molecular weight is 269 g/mol. The number of carbonyl (C=O) groups is 2. The lowest BCUT2D eigenvalue weighted by Crippen LogP contribution is -2.26. The van der Waals surface area contributed by atoms with Crippen molar-refractivity contribution in [2.75, 3.05) is 0 Å². The minimum Gasteiger partial charge on any atom is -0.481 e. The van der Waals surface area contributed by atoms with Crippen molar-refractivity contribution in [3.05, 3.63) is 21.4 Å². The molecule has 1 heterocycles. The molecule has 0 fully saturated rings. The summed E-state index contributed by atoms with van der Waals surface area (Å²) in [6, 6.07) is 2.06. The van der Waals surface area contributed by atoms with E-state index in [1.807, 2.05) is 20.8 Å². The normalized spacial score (nSPS) is 12.2. The first kappa shape index (κ1) is 14.7. The SMILES string of the molecule is Cc1cc(C(C)NC(=O)CCCC(=O)O)c(C)s1. The van der Waals surface area contributed by atoms with E-state index in [1.54, 1.807) is 11.3 Å². The van der Waals surface area contributed by atoms with Crippen LogP contribution in [0.15, 0.2) is 6.07 Å².